The minimum Gasteiger partial charge on any atom is -0.379 e. The molecule has 1 N–H and O–H groups in total. The van der Waals surface area contributed by atoms with Crippen molar-refractivity contribution >= 4 is 16.5 Å². The van der Waals surface area contributed by atoms with E-state index in [1.54, 1.807) is 11.3 Å². The molecule has 0 spiro atoms. The molecule has 4 nitrogen and oxygen atoms in total. The third-order valence-electron chi connectivity index (χ3n) is 2.75. The average Bonchev–Trinajstić information content (AvgIpc) is 2.70. The molecular weight excluding hydrogens is 222 g/mol. The summed E-state index contributed by atoms with van der Waals surface area (Å²) >= 11 is 1.75. The molecule has 5 heteroatoms. The van der Waals surface area contributed by atoms with E-state index >= 15 is 0 Å². The summed E-state index contributed by atoms with van der Waals surface area (Å²) in [5.74, 6) is 0. The second kappa shape index (κ2) is 5.61. The highest BCUT2D eigenvalue weighted by Gasteiger charge is 2.19. The van der Waals surface area contributed by atoms with E-state index in [2.05, 4.69) is 29.0 Å². The number of aromatic nitrogens is 1. The van der Waals surface area contributed by atoms with E-state index in [0.29, 0.717) is 6.04 Å². The summed E-state index contributed by atoms with van der Waals surface area (Å²) in [5.41, 5.74) is 0. The van der Waals surface area contributed by atoms with Crippen molar-refractivity contribution in [1.82, 2.24) is 9.88 Å². The molecule has 0 amide bonds. The number of ether oxygens (including phenoxy) is 1. The van der Waals surface area contributed by atoms with Gasteiger partial charge in [-0.05, 0) is 13.8 Å². The zero-order valence-electron chi connectivity index (χ0n) is 9.90. The van der Waals surface area contributed by atoms with Gasteiger partial charge in [0.15, 0.2) is 5.13 Å². The molecule has 0 radical (unpaired) electrons. The predicted molar refractivity (Wildman–Crippen MR) is 67.0 cm³/mol. The first-order valence-electron chi connectivity index (χ1n) is 5.80. The molecule has 1 saturated heterocycles. The molecular formula is C11H19N3OS. The largest absolute Gasteiger partial charge is 0.379 e. The van der Waals surface area contributed by atoms with Crippen molar-refractivity contribution in [2.75, 3.05) is 31.6 Å². The van der Waals surface area contributed by atoms with Crippen LogP contribution in [-0.4, -0.2) is 42.2 Å². The maximum atomic E-state index is 5.43. The first-order valence-corrected chi connectivity index (χ1v) is 6.61. The van der Waals surface area contributed by atoms with Crippen molar-refractivity contribution in [3.05, 3.63) is 11.1 Å². The van der Waals surface area contributed by atoms with Crippen molar-refractivity contribution in [2.45, 2.75) is 26.4 Å². The van der Waals surface area contributed by atoms with Crippen LogP contribution in [0.5, 0.6) is 0 Å². The summed E-state index contributed by atoms with van der Waals surface area (Å²) in [6, 6.07) is 0.512. The van der Waals surface area contributed by atoms with Gasteiger partial charge in [0.1, 0.15) is 0 Å². The van der Waals surface area contributed by atoms with Crippen LogP contribution in [0.4, 0.5) is 5.13 Å². The zero-order valence-corrected chi connectivity index (χ0v) is 10.7. The van der Waals surface area contributed by atoms with Gasteiger partial charge in [0, 0.05) is 36.8 Å². The van der Waals surface area contributed by atoms with Crippen molar-refractivity contribution in [2.24, 2.45) is 0 Å². The van der Waals surface area contributed by atoms with Crippen LogP contribution in [0.15, 0.2) is 6.20 Å². The van der Waals surface area contributed by atoms with Crippen molar-refractivity contribution < 1.29 is 4.74 Å². The Morgan fingerprint density at radius 1 is 1.69 bits per heavy atom. The van der Waals surface area contributed by atoms with Crippen LogP contribution in [0, 0.1) is 0 Å². The Morgan fingerprint density at radius 3 is 3.31 bits per heavy atom. The standard InChI is InChI=1S/C11H19N3OS/c1-3-12-11-13-6-10(16-11)7-14-4-5-15-8-9(14)2/h6,9H,3-5,7-8H2,1-2H3,(H,12,13). The highest BCUT2D eigenvalue weighted by Crippen LogP contribution is 2.21. The lowest BCUT2D eigenvalue weighted by Gasteiger charge is -2.32. The number of hydrogen-bond acceptors (Lipinski definition) is 5. The summed E-state index contributed by atoms with van der Waals surface area (Å²) < 4.78 is 5.43. The van der Waals surface area contributed by atoms with Crippen LogP contribution in [0.3, 0.4) is 0 Å². The van der Waals surface area contributed by atoms with Gasteiger partial charge in [0.05, 0.1) is 13.2 Å². The highest BCUT2D eigenvalue weighted by atomic mass is 32.1. The second-order valence-electron chi connectivity index (χ2n) is 4.06. The molecule has 16 heavy (non-hydrogen) atoms. The van der Waals surface area contributed by atoms with Crippen molar-refractivity contribution in [3.63, 3.8) is 0 Å². The molecule has 1 unspecified atom stereocenters. The number of rotatable bonds is 4. The van der Waals surface area contributed by atoms with E-state index in [9.17, 15) is 0 Å². The molecule has 1 fully saturated rings. The van der Waals surface area contributed by atoms with Gasteiger partial charge in [0.2, 0.25) is 0 Å². The number of nitrogens with one attached hydrogen (secondary N) is 1. The Morgan fingerprint density at radius 2 is 2.56 bits per heavy atom. The Bertz CT molecular complexity index is 329. The molecule has 1 atom stereocenters. The zero-order chi connectivity index (χ0) is 11.4. The SMILES string of the molecule is CCNc1ncc(CN2CCOCC2C)s1. The Balaban J connectivity index is 1.91. The smallest absolute Gasteiger partial charge is 0.182 e. The van der Waals surface area contributed by atoms with Crippen molar-refractivity contribution in [1.29, 1.82) is 0 Å². The van der Waals surface area contributed by atoms with Gasteiger partial charge >= 0.3 is 0 Å². The minimum atomic E-state index is 0.512. The molecule has 0 aromatic carbocycles. The first-order chi connectivity index (χ1) is 7.79. The van der Waals surface area contributed by atoms with E-state index in [1.807, 2.05) is 6.20 Å². The monoisotopic (exact) mass is 241 g/mol. The van der Waals surface area contributed by atoms with E-state index in [1.165, 1.54) is 4.88 Å². The maximum Gasteiger partial charge on any atom is 0.182 e. The minimum absolute atomic E-state index is 0.512. The first kappa shape index (κ1) is 11.8. The molecule has 1 aromatic rings. The van der Waals surface area contributed by atoms with E-state index in [0.717, 1.165) is 38.0 Å². The maximum absolute atomic E-state index is 5.43. The van der Waals surface area contributed by atoms with Gasteiger partial charge in [-0.1, -0.05) is 0 Å². The molecule has 90 valence electrons. The van der Waals surface area contributed by atoms with Crippen molar-refractivity contribution in [3.8, 4) is 0 Å². The third kappa shape index (κ3) is 2.93. The average molecular weight is 241 g/mol. The molecule has 0 bridgehead atoms. The quantitative estimate of drug-likeness (QED) is 0.872. The number of thiazole rings is 1. The molecule has 2 rings (SSSR count). The molecule has 0 aliphatic carbocycles. The van der Waals surface area contributed by atoms with E-state index in [4.69, 9.17) is 4.74 Å². The number of hydrogen-bond donors (Lipinski definition) is 1. The van der Waals surface area contributed by atoms with Crippen LogP contribution in [0.25, 0.3) is 0 Å². The molecule has 2 heterocycles. The second-order valence-corrected chi connectivity index (χ2v) is 5.17. The summed E-state index contributed by atoms with van der Waals surface area (Å²) in [4.78, 5) is 8.12. The fourth-order valence-electron chi connectivity index (χ4n) is 1.81. The lowest BCUT2D eigenvalue weighted by molar-refractivity contribution is -0.00393. The topological polar surface area (TPSA) is 37.4 Å². The number of morpholine rings is 1. The molecule has 1 aliphatic rings. The number of anilines is 1. The number of nitrogens with zero attached hydrogens (tertiary/aromatic N) is 2. The van der Waals surface area contributed by atoms with Gasteiger partial charge in [-0.3, -0.25) is 4.90 Å². The predicted octanol–water partition coefficient (Wildman–Crippen LogP) is 1.80. The summed E-state index contributed by atoms with van der Waals surface area (Å²) in [6.45, 7) is 8.95. The molecule has 1 aliphatic heterocycles. The third-order valence-corrected chi connectivity index (χ3v) is 3.69. The van der Waals surface area contributed by atoms with Gasteiger partial charge < -0.3 is 10.1 Å². The highest BCUT2D eigenvalue weighted by molar-refractivity contribution is 7.15. The summed E-state index contributed by atoms with van der Waals surface area (Å²) in [6.07, 6.45) is 1.98. The van der Waals surface area contributed by atoms with Gasteiger partial charge in [-0.15, -0.1) is 11.3 Å². The van der Waals surface area contributed by atoms with E-state index < -0.39 is 0 Å². The fourth-order valence-corrected chi connectivity index (χ4v) is 2.72. The van der Waals surface area contributed by atoms with Crippen LogP contribution in [-0.2, 0) is 11.3 Å². The van der Waals surface area contributed by atoms with Crippen LogP contribution in [0.1, 0.15) is 18.7 Å². The van der Waals surface area contributed by atoms with E-state index in [-0.39, 0.29) is 0 Å². The normalized spacial score (nSPS) is 22.2. The molecule has 1 aromatic heterocycles. The van der Waals surface area contributed by atoms with Gasteiger partial charge in [-0.25, -0.2) is 4.98 Å². The Hall–Kier alpha value is -0.650. The van der Waals surface area contributed by atoms with Crippen LogP contribution >= 0.6 is 11.3 Å². The van der Waals surface area contributed by atoms with Gasteiger partial charge in [-0.2, -0.15) is 0 Å². The Labute approximate surface area is 101 Å². The lowest BCUT2D eigenvalue weighted by atomic mass is 10.2. The summed E-state index contributed by atoms with van der Waals surface area (Å²) in [7, 11) is 0. The van der Waals surface area contributed by atoms with Crippen LogP contribution < -0.4 is 5.32 Å². The Kier molecular flexibility index (Phi) is 4.15. The lowest BCUT2D eigenvalue weighted by Crippen LogP contribution is -2.42. The molecule has 0 saturated carbocycles. The van der Waals surface area contributed by atoms with Gasteiger partial charge in [0.25, 0.3) is 0 Å². The summed E-state index contributed by atoms with van der Waals surface area (Å²) in [5, 5.41) is 4.27. The van der Waals surface area contributed by atoms with Crippen LogP contribution in [0.2, 0.25) is 0 Å². The fraction of sp³-hybridized carbons (Fsp3) is 0.727.